The van der Waals surface area contributed by atoms with E-state index in [-0.39, 0.29) is 29.6 Å². The number of carbonyl (C=O) groups excluding carboxylic acids is 2. The SMILES string of the molecule is COC(=O)C1=C(C(=O)OC)N(c2cc(Cl)c(C#N)cc2I)COC1. The van der Waals surface area contributed by atoms with E-state index >= 15 is 0 Å². The van der Waals surface area contributed by atoms with Gasteiger partial charge in [-0.3, -0.25) is 0 Å². The van der Waals surface area contributed by atoms with Crippen LogP contribution in [0.4, 0.5) is 5.69 Å². The lowest BCUT2D eigenvalue weighted by molar-refractivity contribution is -0.140. The Hall–Kier alpha value is -1.83. The Morgan fingerprint density at radius 3 is 2.58 bits per heavy atom. The first kappa shape index (κ1) is 18.5. The molecule has 0 saturated carbocycles. The Morgan fingerprint density at radius 1 is 1.33 bits per heavy atom. The molecule has 9 heteroatoms. The van der Waals surface area contributed by atoms with Crippen molar-refractivity contribution in [3.8, 4) is 6.07 Å². The van der Waals surface area contributed by atoms with Crippen LogP contribution in [0.1, 0.15) is 5.56 Å². The van der Waals surface area contributed by atoms with E-state index in [4.69, 9.17) is 31.1 Å². The van der Waals surface area contributed by atoms with Gasteiger partial charge < -0.3 is 19.1 Å². The summed E-state index contributed by atoms with van der Waals surface area (Å²) in [7, 11) is 2.43. The first-order valence-electron chi connectivity index (χ1n) is 6.58. The van der Waals surface area contributed by atoms with Gasteiger partial charge in [-0.2, -0.15) is 5.26 Å². The second-order valence-electron chi connectivity index (χ2n) is 4.61. The topological polar surface area (TPSA) is 88.9 Å². The number of benzene rings is 1. The lowest BCUT2D eigenvalue weighted by atomic mass is 10.1. The molecule has 0 fully saturated rings. The minimum absolute atomic E-state index is 0.0170. The molecule has 1 aliphatic heterocycles. The molecule has 0 aromatic heterocycles. The monoisotopic (exact) mass is 462 g/mol. The normalized spacial score (nSPS) is 14.2. The van der Waals surface area contributed by atoms with Crippen molar-refractivity contribution < 1.29 is 23.8 Å². The summed E-state index contributed by atoms with van der Waals surface area (Å²) in [4.78, 5) is 25.7. The summed E-state index contributed by atoms with van der Waals surface area (Å²) in [5, 5.41) is 9.27. The maximum absolute atomic E-state index is 12.2. The predicted octanol–water partition coefficient (Wildman–Crippen LogP) is 2.21. The maximum Gasteiger partial charge on any atom is 0.355 e. The summed E-state index contributed by atoms with van der Waals surface area (Å²) in [5.74, 6) is -1.38. The highest BCUT2D eigenvalue weighted by Crippen LogP contribution is 2.34. The molecule has 0 N–H and O–H groups in total. The standard InChI is InChI=1S/C15H12ClIN2O5/c1-22-14(20)9-6-24-7-19(13(9)15(21)23-2)12-4-10(16)8(5-18)3-11(12)17/h3-4H,6-7H2,1-2H3. The summed E-state index contributed by atoms with van der Waals surface area (Å²) in [6.45, 7) is -0.0582. The van der Waals surface area contributed by atoms with Gasteiger partial charge in [0.2, 0.25) is 0 Å². The number of hydrogen-bond donors (Lipinski definition) is 0. The molecule has 1 aromatic rings. The number of carbonyl (C=O) groups is 2. The van der Waals surface area contributed by atoms with Gasteiger partial charge in [-0.25, -0.2) is 9.59 Å². The molecule has 0 amide bonds. The molecule has 0 saturated heterocycles. The molecular formula is C15H12ClIN2O5. The van der Waals surface area contributed by atoms with Gasteiger partial charge in [0.05, 0.1) is 42.7 Å². The summed E-state index contributed by atoms with van der Waals surface area (Å²) in [6.07, 6.45) is 0. The molecule has 0 aliphatic carbocycles. The van der Waals surface area contributed by atoms with Crippen molar-refractivity contribution in [2.45, 2.75) is 0 Å². The quantitative estimate of drug-likeness (QED) is 0.503. The van der Waals surface area contributed by atoms with Crippen LogP contribution >= 0.6 is 34.2 Å². The van der Waals surface area contributed by atoms with E-state index in [1.165, 1.54) is 25.2 Å². The molecule has 0 atom stereocenters. The molecule has 0 bridgehead atoms. The fourth-order valence-corrected chi connectivity index (χ4v) is 3.12. The zero-order chi connectivity index (χ0) is 17.9. The molecule has 24 heavy (non-hydrogen) atoms. The lowest BCUT2D eigenvalue weighted by Gasteiger charge is -2.32. The number of rotatable bonds is 3. The molecule has 0 spiro atoms. The largest absolute Gasteiger partial charge is 0.466 e. The van der Waals surface area contributed by atoms with Crippen molar-refractivity contribution >= 4 is 51.8 Å². The molecule has 7 nitrogen and oxygen atoms in total. The number of halogens is 2. The third kappa shape index (κ3) is 3.48. The molecule has 2 rings (SSSR count). The number of hydrogen-bond acceptors (Lipinski definition) is 7. The van der Waals surface area contributed by atoms with Gasteiger partial charge in [0.25, 0.3) is 0 Å². The van der Waals surface area contributed by atoms with Crippen LogP contribution in [0.5, 0.6) is 0 Å². The Balaban J connectivity index is 2.64. The van der Waals surface area contributed by atoms with Crippen molar-refractivity contribution in [2.24, 2.45) is 0 Å². The van der Waals surface area contributed by atoms with Crippen LogP contribution in [0.3, 0.4) is 0 Å². The van der Waals surface area contributed by atoms with E-state index in [2.05, 4.69) is 0 Å². The Bertz CT molecular complexity index is 772. The highest BCUT2D eigenvalue weighted by atomic mass is 127. The average molecular weight is 463 g/mol. The Labute approximate surface area is 156 Å². The third-order valence-corrected chi connectivity index (χ3v) is 4.46. The van der Waals surface area contributed by atoms with Crippen molar-refractivity contribution in [2.75, 3.05) is 32.5 Å². The number of esters is 2. The van der Waals surface area contributed by atoms with E-state index < -0.39 is 11.9 Å². The van der Waals surface area contributed by atoms with E-state index in [1.807, 2.05) is 28.7 Å². The van der Waals surface area contributed by atoms with Crippen molar-refractivity contribution in [3.05, 3.63) is 37.6 Å². The van der Waals surface area contributed by atoms with Crippen LogP contribution in [0.25, 0.3) is 0 Å². The first-order chi connectivity index (χ1) is 11.4. The molecule has 1 aliphatic rings. The third-order valence-electron chi connectivity index (χ3n) is 3.28. The van der Waals surface area contributed by atoms with E-state index in [1.54, 1.807) is 6.07 Å². The predicted molar refractivity (Wildman–Crippen MR) is 93.2 cm³/mol. The fourth-order valence-electron chi connectivity index (χ4n) is 2.16. The molecule has 126 valence electrons. The van der Waals surface area contributed by atoms with Crippen molar-refractivity contribution in [3.63, 3.8) is 0 Å². The second-order valence-corrected chi connectivity index (χ2v) is 6.18. The van der Waals surface area contributed by atoms with E-state index in [0.29, 0.717) is 14.8 Å². The van der Waals surface area contributed by atoms with Gasteiger partial charge in [-0.15, -0.1) is 0 Å². The number of anilines is 1. The number of ether oxygens (including phenoxy) is 3. The van der Waals surface area contributed by atoms with Crippen LogP contribution < -0.4 is 4.90 Å². The van der Waals surface area contributed by atoms with Crippen LogP contribution in [0.2, 0.25) is 5.02 Å². The van der Waals surface area contributed by atoms with Crippen LogP contribution in [-0.2, 0) is 23.8 Å². The highest BCUT2D eigenvalue weighted by molar-refractivity contribution is 14.1. The second kappa shape index (κ2) is 7.83. The number of methoxy groups -OCH3 is 2. The summed E-state index contributed by atoms with van der Waals surface area (Å²) in [6, 6.07) is 5.10. The minimum atomic E-state index is -0.699. The zero-order valence-corrected chi connectivity index (χ0v) is 15.7. The molecule has 1 aromatic carbocycles. The minimum Gasteiger partial charge on any atom is -0.466 e. The van der Waals surface area contributed by atoms with Gasteiger partial charge in [0.1, 0.15) is 18.5 Å². The number of nitriles is 1. The zero-order valence-electron chi connectivity index (χ0n) is 12.8. The van der Waals surface area contributed by atoms with Gasteiger partial charge in [-0.1, -0.05) is 11.6 Å². The highest BCUT2D eigenvalue weighted by Gasteiger charge is 2.33. The summed E-state index contributed by atoms with van der Waals surface area (Å²) >= 11 is 8.10. The molecule has 1 heterocycles. The van der Waals surface area contributed by atoms with Crippen molar-refractivity contribution in [1.82, 2.24) is 0 Å². The van der Waals surface area contributed by atoms with Crippen LogP contribution in [0, 0.1) is 14.9 Å². The van der Waals surface area contributed by atoms with Crippen LogP contribution in [-0.4, -0.2) is 39.5 Å². The first-order valence-corrected chi connectivity index (χ1v) is 8.04. The van der Waals surface area contributed by atoms with Crippen molar-refractivity contribution in [1.29, 1.82) is 5.26 Å². The summed E-state index contributed by atoms with van der Waals surface area (Å²) < 4.78 is 15.6. The van der Waals surface area contributed by atoms with Gasteiger partial charge in [0.15, 0.2) is 0 Å². The lowest BCUT2D eigenvalue weighted by Crippen LogP contribution is -2.39. The Kier molecular flexibility index (Phi) is 6.04. The van der Waals surface area contributed by atoms with E-state index in [9.17, 15) is 9.59 Å². The van der Waals surface area contributed by atoms with Gasteiger partial charge in [0, 0.05) is 3.57 Å². The maximum atomic E-state index is 12.2. The fraction of sp³-hybridized carbons (Fsp3) is 0.267. The summed E-state index contributed by atoms with van der Waals surface area (Å²) in [5.41, 5.74) is 0.891. The van der Waals surface area contributed by atoms with E-state index in [0.717, 1.165) is 0 Å². The smallest absolute Gasteiger partial charge is 0.355 e. The van der Waals surface area contributed by atoms with Gasteiger partial charge in [-0.05, 0) is 34.7 Å². The Morgan fingerprint density at radius 2 is 2.00 bits per heavy atom. The number of nitrogens with zero attached hydrogens (tertiary/aromatic N) is 2. The van der Waals surface area contributed by atoms with Crippen LogP contribution in [0.15, 0.2) is 23.4 Å². The average Bonchev–Trinajstić information content (AvgIpc) is 2.61. The van der Waals surface area contributed by atoms with Gasteiger partial charge >= 0.3 is 11.9 Å². The molecule has 0 unspecified atom stereocenters. The molecule has 0 radical (unpaired) electrons. The molecular weight excluding hydrogens is 451 g/mol.